The Bertz CT molecular complexity index is 536. The molecular weight excluding hydrogens is 194 g/mol. The average Bonchev–Trinajstić information content (AvgIpc) is 2.61. The lowest BCUT2D eigenvalue weighted by Crippen LogP contribution is -1.96. The highest BCUT2D eigenvalue weighted by Crippen LogP contribution is 2.33. The number of hydrogen-bond acceptors (Lipinski definition) is 3. The van der Waals surface area contributed by atoms with Crippen LogP contribution in [0.2, 0.25) is 0 Å². The van der Waals surface area contributed by atoms with Gasteiger partial charge in [-0.1, -0.05) is 36.0 Å². The Labute approximate surface area is 85.3 Å². The zero-order valence-corrected chi connectivity index (χ0v) is 8.17. The summed E-state index contributed by atoms with van der Waals surface area (Å²) in [7, 11) is 0. The number of ketones is 1. The van der Waals surface area contributed by atoms with Crippen molar-refractivity contribution in [1.29, 1.82) is 0 Å². The topological polar surface area (TPSA) is 30.0 Å². The molecule has 2 aromatic rings. The maximum atomic E-state index is 11.6. The number of pyridine rings is 1. The van der Waals surface area contributed by atoms with Gasteiger partial charge in [-0.25, -0.2) is 4.98 Å². The minimum Gasteiger partial charge on any atom is -0.293 e. The van der Waals surface area contributed by atoms with Crippen LogP contribution < -0.4 is 0 Å². The Hall–Kier alpha value is -1.35. The molecule has 68 valence electrons. The van der Waals surface area contributed by atoms with Gasteiger partial charge in [0.2, 0.25) is 0 Å². The van der Waals surface area contributed by atoms with Crippen molar-refractivity contribution < 1.29 is 4.79 Å². The van der Waals surface area contributed by atoms with Crippen LogP contribution in [0.25, 0.3) is 10.8 Å². The number of benzene rings is 1. The molecule has 0 fully saturated rings. The van der Waals surface area contributed by atoms with E-state index in [0.29, 0.717) is 5.75 Å². The largest absolute Gasteiger partial charge is 0.293 e. The van der Waals surface area contributed by atoms with Gasteiger partial charge in [0.05, 0.1) is 11.3 Å². The molecule has 3 heteroatoms. The van der Waals surface area contributed by atoms with Crippen LogP contribution >= 0.6 is 11.8 Å². The van der Waals surface area contributed by atoms with E-state index in [1.165, 1.54) is 11.8 Å². The summed E-state index contributed by atoms with van der Waals surface area (Å²) >= 11 is 1.53. The zero-order chi connectivity index (χ0) is 9.54. The molecule has 1 aromatic heterocycles. The molecule has 14 heavy (non-hydrogen) atoms. The minimum atomic E-state index is 0.203. The van der Waals surface area contributed by atoms with Gasteiger partial charge in [-0.2, -0.15) is 0 Å². The highest BCUT2D eigenvalue weighted by Gasteiger charge is 2.23. The van der Waals surface area contributed by atoms with E-state index in [4.69, 9.17) is 0 Å². The van der Waals surface area contributed by atoms with Gasteiger partial charge in [0, 0.05) is 11.6 Å². The van der Waals surface area contributed by atoms with Crippen molar-refractivity contribution in [2.45, 2.75) is 5.03 Å². The van der Waals surface area contributed by atoms with Crippen molar-refractivity contribution in [2.75, 3.05) is 5.75 Å². The number of rotatable bonds is 0. The Kier molecular flexibility index (Phi) is 1.61. The number of Topliss-reactive ketones (excluding diaryl/α,β-unsaturated/α-hetero) is 1. The van der Waals surface area contributed by atoms with Crippen molar-refractivity contribution in [3.05, 3.63) is 36.0 Å². The smallest absolute Gasteiger partial charge is 0.176 e. The van der Waals surface area contributed by atoms with Crippen LogP contribution in [-0.4, -0.2) is 16.5 Å². The van der Waals surface area contributed by atoms with E-state index in [1.54, 1.807) is 0 Å². The van der Waals surface area contributed by atoms with Crippen LogP contribution in [0.4, 0.5) is 0 Å². The summed E-state index contributed by atoms with van der Waals surface area (Å²) in [6.45, 7) is 0. The first kappa shape index (κ1) is 8.00. The first-order chi connectivity index (χ1) is 6.86. The fourth-order valence-corrected chi connectivity index (χ4v) is 2.64. The number of aromatic nitrogens is 1. The fraction of sp³-hybridized carbons (Fsp3) is 0.0909. The van der Waals surface area contributed by atoms with Crippen molar-refractivity contribution in [3.8, 4) is 0 Å². The molecule has 1 aliphatic heterocycles. The number of carbonyl (C=O) groups excluding carboxylic acids is 1. The van der Waals surface area contributed by atoms with Crippen molar-refractivity contribution in [3.63, 3.8) is 0 Å². The molecule has 0 unspecified atom stereocenters. The van der Waals surface area contributed by atoms with E-state index in [-0.39, 0.29) is 5.78 Å². The van der Waals surface area contributed by atoms with E-state index in [1.807, 2.05) is 30.5 Å². The lowest BCUT2D eigenvalue weighted by atomic mass is 10.1. The number of thioether (sulfide) groups is 1. The van der Waals surface area contributed by atoms with Crippen LogP contribution in [0.1, 0.15) is 10.4 Å². The molecule has 0 amide bonds. The molecule has 2 nitrogen and oxygen atoms in total. The van der Waals surface area contributed by atoms with Crippen LogP contribution in [0.5, 0.6) is 0 Å². The number of nitrogens with zero attached hydrogens (tertiary/aromatic N) is 1. The van der Waals surface area contributed by atoms with Gasteiger partial charge in [-0.15, -0.1) is 0 Å². The number of fused-ring (bicyclic) bond motifs is 3. The maximum absolute atomic E-state index is 11.6. The number of hydrogen-bond donors (Lipinski definition) is 0. The molecule has 3 rings (SSSR count). The van der Waals surface area contributed by atoms with E-state index >= 15 is 0 Å². The molecular formula is C11H7NOS. The summed E-state index contributed by atoms with van der Waals surface area (Å²) in [6, 6.07) is 7.89. The summed E-state index contributed by atoms with van der Waals surface area (Å²) in [4.78, 5) is 15.9. The third-order valence-corrected chi connectivity index (χ3v) is 3.37. The normalized spacial score (nSPS) is 14.7. The van der Waals surface area contributed by atoms with E-state index in [9.17, 15) is 4.79 Å². The predicted octanol–water partition coefficient (Wildman–Crippen LogP) is 2.52. The second kappa shape index (κ2) is 2.82. The van der Waals surface area contributed by atoms with Crippen LogP contribution in [-0.2, 0) is 0 Å². The van der Waals surface area contributed by atoms with Gasteiger partial charge < -0.3 is 0 Å². The molecule has 0 bridgehead atoms. The molecule has 2 heterocycles. The summed E-state index contributed by atoms with van der Waals surface area (Å²) in [5, 5.41) is 2.96. The monoisotopic (exact) mass is 201 g/mol. The molecule has 0 saturated carbocycles. The van der Waals surface area contributed by atoms with Crippen molar-refractivity contribution >= 4 is 28.3 Å². The summed E-state index contributed by atoms with van der Waals surface area (Å²) in [5.74, 6) is 0.741. The molecule has 0 atom stereocenters. The highest BCUT2D eigenvalue weighted by atomic mass is 32.2. The quantitative estimate of drug-likeness (QED) is 0.656. The first-order valence-corrected chi connectivity index (χ1v) is 5.38. The average molecular weight is 201 g/mol. The van der Waals surface area contributed by atoms with Crippen molar-refractivity contribution in [1.82, 2.24) is 4.98 Å². The Morgan fingerprint density at radius 2 is 2.14 bits per heavy atom. The third-order valence-electron chi connectivity index (χ3n) is 2.38. The summed E-state index contributed by atoms with van der Waals surface area (Å²) < 4.78 is 0. The summed E-state index contributed by atoms with van der Waals surface area (Å²) in [6.07, 6.45) is 1.83. The van der Waals surface area contributed by atoms with Crippen LogP contribution in [0.15, 0.2) is 35.5 Å². The van der Waals surface area contributed by atoms with Gasteiger partial charge >= 0.3 is 0 Å². The van der Waals surface area contributed by atoms with Gasteiger partial charge in [0.15, 0.2) is 5.78 Å². The molecule has 0 radical (unpaired) electrons. The number of carbonyl (C=O) groups is 1. The molecule has 0 aliphatic carbocycles. The van der Waals surface area contributed by atoms with Crippen molar-refractivity contribution in [2.24, 2.45) is 0 Å². The SMILES string of the molecule is O=C1CSc2ncc3ccccc3c21. The van der Waals surface area contributed by atoms with E-state index in [0.717, 1.165) is 21.4 Å². The third kappa shape index (κ3) is 0.990. The maximum Gasteiger partial charge on any atom is 0.176 e. The second-order valence-electron chi connectivity index (χ2n) is 3.24. The molecule has 1 aliphatic rings. The van der Waals surface area contributed by atoms with Gasteiger partial charge in [-0.3, -0.25) is 4.79 Å². The van der Waals surface area contributed by atoms with Gasteiger partial charge in [0.1, 0.15) is 5.03 Å². The molecule has 0 N–H and O–H groups in total. The van der Waals surface area contributed by atoms with E-state index in [2.05, 4.69) is 4.98 Å². The molecule has 0 spiro atoms. The Morgan fingerprint density at radius 3 is 3.07 bits per heavy atom. The van der Waals surface area contributed by atoms with Crippen LogP contribution in [0, 0.1) is 0 Å². The van der Waals surface area contributed by atoms with Gasteiger partial charge in [0.25, 0.3) is 0 Å². The standard InChI is InChI=1S/C11H7NOS/c13-9-6-14-11-10(9)8-4-2-1-3-7(8)5-12-11/h1-5H,6H2. The first-order valence-electron chi connectivity index (χ1n) is 4.40. The van der Waals surface area contributed by atoms with Gasteiger partial charge in [-0.05, 0) is 5.39 Å². The lowest BCUT2D eigenvalue weighted by Gasteiger charge is -2.01. The second-order valence-corrected chi connectivity index (χ2v) is 4.20. The fourth-order valence-electron chi connectivity index (χ4n) is 1.73. The Balaban J connectivity index is 2.47. The predicted molar refractivity (Wildman–Crippen MR) is 56.8 cm³/mol. The lowest BCUT2D eigenvalue weighted by molar-refractivity contribution is 0.102. The minimum absolute atomic E-state index is 0.203. The zero-order valence-electron chi connectivity index (χ0n) is 7.36. The van der Waals surface area contributed by atoms with E-state index < -0.39 is 0 Å². The Morgan fingerprint density at radius 1 is 1.29 bits per heavy atom. The molecule has 0 saturated heterocycles. The molecule has 1 aromatic carbocycles. The van der Waals surface area contributed by atoms with Crippen LogP contribution in [0.3, 0.4) is 0 Å². The summed E-state index contributed by atoms with van der Waals surface area (Å²) in [5.41, 5.74) is 0.813. The highest BCUT2D eigenvalue weighted by molar-refractivity contribution is 8.00.